The van der Waals surface area contributed by atoms with Gasteiger partial charge in [0.1, 0.15) is 5.82 Å². The quantitative estimate of drug-likeness (QED) is 0.837. The Kier molecular flexibility index (Phi) is 4.82. The predicted octanol–water partition coefficient (Wildman–Crippen LogP) is 0.175. The van der Waals surface area contributed by atoms with Gasteiger partial charge in [-0.1, -0.05) is 6.07 Å². The molecule has 1 N–H and O–H groups in total. The van der Waals surface area contributed by atoms with E-state index in [4.69, 9.17) is 0 Å². The number of hydrogen-bond donors (Lipinski definition) is 1. The Balaban J connectivity index is 1.63. The van der Waals surface area contributed by atoms with Gasteiger partial charge in [-0.15, -0.1) is 0 Å². The normalized spacial score (nSPS) is 25.1. The highest BCUT2D eigenvalue weighted by Crippen LogP contribution is 2.20. The van der Waals surface area contributed by atoms with E-state index in [1.807, 2.05) is 0 Å². The van der Waals surface area contributed by atoms with Crippen LogP contribution in [-0.4, -0.2) is 83.0 Å². The molecule has 2 amide bonds. The number of aliphatic hydroxyl groups excluding tert-OH is 1. The molecule has 0 saturated carbocycles. The fourth-order valence-corrected chi connectivity index (χ4v) is 3.47. The topological polar surface area (TPSA) is 64.1 Å². The molecule has 24 heavy (non-hydrogen) atoms. The first kappa shape index (κ1) is 16.9. The Bertz CT molecular complexity index is 631. The molecule has 2 aliphatic heterocycles. The van der Waals surface area contributed by atoms with E-state index in [-0.39, 0.29) is 24.4 Å². The third kappa shape index (κ3) is 3.42. The van der Waals surface area contributed by atoms with Crippen LogP contribution in [0.5, 0.6) is 0 Å². The van der Waals surface area contributed by atoms with E-state index < -0.39 is 11.9 Å². The molecular formula is C17H22FN3O3. The monoisotopic (exact) mass is 335 g/mol. The van der Waals surface area contributed by atoms with E-state index in [1.54, 1.807) is 22.8 Å². The fourth-order valence-electron chi connectivity index (χ4n) is 3.47. The van der Waals surface area contributed by atoms with Crippen LogP contribution in [0.1, 0.15) is 17.3 Å². The second-order valence-corrected chi connectivity index (χ2v) is 6.40. The Morgan fingerprint density at radius 3 is 2.46 bits per heavy atom. The van der Waals surface area contributed by atoms with E-state index in [0.717, 1.165) is 0 Å². The first-order valence-corrected chi connectivity index (χ1v) is 8.18. The van der Waals surface area contributed by atoms with Crippen molar-refractivity contribution in [2.45, 2.75) is 19.1 Å². The molecule has 0 bridgehead atoms. The van der Waals surface area contributed by atoms with Crippen molar-refractivity contribution in [1.29, 1.82) is 0 Å². The van der Waals surface area contributed by atoms with Crippen molar-refractivity contribution >= 4 is 11.8 Å². The van der Waals surface area contributed by atoms with Crippen molar-refractivity contribution in [3.05, 3.63) is 35.6 Å². The maximum atomic E-state index is 13.3. The molecule has 1 aromatic rings. The molecule has 2 heterocycles. The van der Waals surface area contributed by atoms with Crippen molar-refractivity contribution in [1.82, 2.24) is 14.7 Å². The largest absolute Gasteiger partial charge is 0.390 e. The maximum absolute atomic E-state index is 13.3. The average molecular weight is 335 g/mol. The highest BCUT2D eigenvalue weighted by Gasteiger charge is 2.39. The van der Waals surface area contributed by atoms with E-state index in [1.165, 1.54) is 18.2 Å². The molecule has 1 aromatic carbocycles. The third-order valence-corrected chi connectivity index (χ3v) is 4.85. The number of carbonyl (C=O) groups excluding carboxylic acids is 2. The summed E-state index contributed by atoms with van der Waals surface area (Å²) in [5, 5.41) is 10.3. The number of halogens is 1. The number of likely N-dealkylation sites (tertiary alicyclic amines) is 1. The number of rotatable bonds is 2. The summed E-state index contributed by atoms with van der Waals surface area (Å²) in [5.41, 5.74) is 0.296. The van der Waals surface area contributed by atoms with Crippen molar-refractivity contribution in [2.75, 3.05) is 39.3 Å². The van der Waals surface area contributed by atoms with Crippen LogP contribution >= 0.6 is 0 Å². The van der Waals surface area contributed by atoms with Crippen molar-refractivity contribution in [2.24, 2.45) is 0 Å². The van der Waals surface area contributed by atoms with Gasteiger partial charge in [-0.3, -0.25) is 14.5 Å². The lowest BCUT2D eigenvalue weighted by Gasteiger charge is -2.38. The van der Waals surface area contributed by atoms with E-state index in [0.29, 0.717) is 38.3 Å². The average Bonchev–Trinajstić information content (AvgIpc) is 2.96. The molecular weight excluding hydrogens is 313 g/mol. The molecule has 6 nitrogen and oxygen atoms in total. The van der Waals surface area contributed by atoms with Crippen molar-refractivity contribution in [3.8, 4) is 0 Å². The Morgan fingerprint density at radius 2 is 1.83 bits per heavy atom. The minimum Gasteiger partial charge on any atom is -0.390 e. The Hall–Kier alpha value is -1.99. The van der Waals surface area contributed by atoms with Crippen LogP contribution in [-0.2, 0) is 4.79 Å². The van der Waals surface area contributed by atoms with Gasteiger partial charge in [-0.2, -0.15) is 0 Å². The Labute approximate surface area is 140 Å². The molecule has 2 fully saturated rings. The summed E-state index contributed by atoms with van der Waals surface area (Å²) < 4.78 is 13.3. The molecule has 2 saturated heterocycles. The summed E-state index contributed by atoms with van der Waals surface area (Å²) in [6.07, 6.45) is -0.633. The highest BCUT2D eigenvalue weighted by molar-refractivity contribution is 5.94. The van der Waals surface area contributed by atoms with E-state index in [2.05, 4.69) is 4.90 Å². The zero-order chi connectivity index (χ0) is 17.3. The summed E-state index contributed by atoms with van der Waals surface area (Å²) in [6.45, 7) is 4.85. The van der Waals surface area contributed by atoms with Gasteiger partial charge < -0.3 is 14.9 Å². The van der Waals surface area contributed by atoms with Crippen LogP contribution in [0.3, 0.4) is 0 Å². The molecule has 0 aromatic heterocycles. The first-order valence-electron chi connectivity index (χ1n) is 8.18. The van der Waals surface area contributed by atoms with Gasteiger partial charge in [-0.05, 0) is 18.2 Å². The lowest BCUT2D eigenvalue weighted by molar-refractivity contribution is -0.131. The summed E-state index contributed by atoms with van der Waals surface area (Å²) in [6, 6.07) is 5.46. The van der Waals surface area contributed by atoms with Gasteiger partial charge in [0.25, 0.3) is 5.91 Å². The molecule has 0 unspecified atom stereocenters. The standard InChI is InChI=1S/C17H22FN3O3/c1-12(22)19-5-7-20(8-6-19)15-10-21(11-16(15)23)17(24)13-3-2-4-14(18)9-13/h2-4,9,15-16,23H,5-8,10-11H2,1H3/t15-,16-/m1/s1. The number of nitrogens with zero attached hydrogens (tertiary/aromatic N) is 3. The van der Waals surface area contributed by atoms with Gasteiger partial charge in [0.15, 0.2) is 0 Å². The zero-order valence-corrected chi connectivity index (χ0v) is 13.7. The van der Waals surface area contributed by atoms with Crippen molar-refractivity contribution < 1.29 is 19.1 Å². The molecule has 2 aliphatic rings. The smallest absolute Gasteiger partial charge is 0.254 e. The molecule has 3 rings (SSSR count). The van der Waals surface area contributed by atoms with Crippen LogP contribution in [0, 0.1) is 5.82 Å². The second kappa shape index (κ2) is 6.86. The lowest BCUT2D eigenvalue weighted by atomic mass is 10.1. The van der Waals surface area contributed by atoms with Crippen LogP contribution in [0.2, 0.25) is 0 Å². The number of piperazine rings is 1. The minimum atomic E-state index is -0.633. The molecule has 0 spiro atoms. The predicted molar refractivity (Wildman–Crippen MR) is 85.9 cm³/mol. The maximum Gasteiger partial charge on any atom is 0.254 e. The SMILES string of the molecule is CC(=O)N1CCN([C@@H]2CN(C(=O)c3cccc(F)c3)C[C@H]2O)CC1. The lowest BCUT2D eigenvalue weighted by Crippen LogP contribution is -2.54. The van der Waals surface area contributed by atoms with Gasteiger partial charge in [0.2, 0.25) is 5.91 Å². The van der Waals surface area contributed by atoms with Crippen molar-refractivity contribution in [3.63, 3.8) is 0 Å². The van der Waals surface area contributed by atoms with Gasteiger partial charge >= 0.3 is 0 Å². The second-order valence-electron chi connectivity index (χ2n) is 6.40. The molecule has 130 valence electrons. The summed E-state index contributed by atoms with van der Waals surface area (Å²) >= 11 is 0. The van der Waals surface area contributed by atoms with Crippen LogP contribution in [0.25, 0.3) is 0 Å². The number of β-amino-alcohol motifs (C(OH)–C–C–N with tert-alkyl or cyclic N) is 1. The number of amides is 2. The van der Waals surface area contributed by atoms with Gasteiger partial charge in [0.05, 0.1) is 12.1 Å². The number of carbonyl (C=O) groups is 2. The Morgan fingerprint density at radius 1 is 1.12 bits per heavy atom. The van der Waals surface area contributed by atoms with Crippen LogP contribution < -0.4 is 0 Å². The van der Waals surface area contributed by atoms with E-state index in [9.17, 15) is 19.1 Å². The summed E-state index contributed by atoms with van der Waals surface area (Å²) in [7, 11) is 0. The minimum absolute atomic E-state index is 0.0597. The highest BCUT2D eigenvalue weighted by atomic mass is 19.1. The van der Waals surface area contributed by atoms with Gasteiger partial charge in [-0.25, -0.2) is 4.39 Å². The summed E-state index contributed by atoms with van der Waals surface area (Å²) in [4.78, 5) is 29.4. The zero-order valence-electron chi connectivity index (χ0n) is 13.7. The summed E-state index contributed by atoms with van der Waals surface area (Å²) in [5.74, 6) is -0.652. The number of hydrogen-bond acceptors (Lipinski definition) is 4. The molecule has 0 radical (unpaired) electrons. The number of benzene rings is 1. The van der Waals surface area contributed by atoms with Crippen LogP contribution in [0.4, 0.5) is 4.39 Å². The van der Waals surface area contributed by atoms with Gasteiger partial charge in [0, 0.05) is 51.8 Å². The first-order chi connectivity index (χ1) is 11.5. The van der Waals surface area contributed by atoms with E-state index >= 15 is 0 Å². The molecule has 7 heteroatoms. The fraction of sp³-hybridized carbons (Fsp3) is 0.529. The number of aliphatic hydroxyl groups is 1. The van der Waals surface area contributed by atoms with Crippen LogP contribution in [0.15, 0.2) is 24.3 Å². The third-order valence-electron chi connectivity index (χ3n) is 4.85. The molecule has 2 atom stereocenters. The molecule has 0 aliphatic carbocycles.